The predicted molar refractivity (Wildman–Crippen MR) is 93.1 cm³/mol. The Morgan fingerprint density at radius 3 is 2.29 bits per heavy atom. The van der Waals surface area contributed by atoms with Crippen LogP contribution in [0.2, 0.25) is 5.02 Å². The molecule has 0 aliphatic carbocycles. The van der Waals surface area contributed by atoms with Crippen LogP contribution in [0.3, 0.4) is 0 Å². The molecule has 2 aromatic carbocycles. The minimum Gasteiger partial charge on any atom is -0.313 e. The molecule has 2 heteroatoms. The van der Waals surface area contributed by atoms with Crippen molar-refractivity contribution in [2.45, 2.75) is 40.7 Å². The summed E-state index contributed by atoms with van der Waals surface area (Å²) in [5.41, 5.74) is 7.47. The van der Waals surface area contributed by atoms with Gasteiger partial charge in [0.2, 0.25) is 0 Å². The maximum atomic E-state index is 6.44. The van der Waals surface area contributed by atoms with Crippen LogP contribution in [-0.4, -0.2) is 6.54 Å². The lowest BCUT2D eigenvalue weighted by molar-refractivity contribution is 0.675. The van der Waals surface area contributed by atoms with E-state index in [4.69, 9.17) is 11.6 Å². The van der Waals surface area contributed by atoms with Crippen molar-refractivity contribution in [2.75, 3.05) is 6.54 Å². The van der Waals surface area contributed by atoms with Crippen molar-refractivity contribution >= 4 is 11.6 Å². The fourth-order valence-electron chi connectivity index (χ4n) is 2.53. The van der Waals surface area contributed by atoms with Gasteiger partial charge in [0.05, 0.1) is 0 Å². The Morgan fingerprint density at radius 1 is 0.905 bits per heavy atom. The standard InChI is InChI=1S/C19H24ClN/c1-5-8-21-12-16-6-7-17(15(4)9-16)18-10-13(2)14(3)11-19(18)20/h6-7,9-11,21H,5,8,12H2,1-4H3. The van der Waals surface area contributed by atoms with Crippen LogP contribution < -0.4 is 5.32 Å². The van der Waals surface area contributed by atoms with Crippen LogP contribution in [0.15, 0.2) is 30.3 Å². The van der Waals surface area contributed by atoms with Crippen molar-refractivity contribution in [3.8, 4) is 11.1 Å². The Balaban J connectivity index is 2.31. The first kappa shape index (κ1) is 16.1. The monoisotopic (exact) mass is 301 g/mol. The molecule has 112 valence electrons. The zero-order valence-electron chi connectivity index (χ0n) is 13.4. The molecular weight excluding hydrogens is 278 g/mol. The number of hydrogen-bond donors (Lipinski definition) is 1. The predicted octanol–water partition coefficient (Wildman–Crippen LogP) is 5.43. The second kappa shape index (κ2) is 7.11. The summed E-state index contributed by atoms with van der Waals surface area (Å²) < 4.78 is 0. The minimum atomic E-state index is 0.832. The third-order valence-electron chi connectivity index (χ3n) is 3.92. The fraction of sp³-hybridized carbons (Fsp3) is 0.368. The maximum absolute atomic E-state index is 6.44. The van der Waals surface area contributed by atoms with Gasteiger partial charge in [-0.15, -0.1) is 0 Å². The van der Waals surface area contributed by atoms with Crippen LogP contribution in [0.4, 0.5) is 0 Å². The highest BCUT2D eigenvalue weighted by atomic mass is 35.5. The molecule has 2 rings (SSSR count). The molecule has 2 aromatic rings. The number of aryl methyl sites for hydroxylation is 3. The van der Waals surface area contributed by atoms with E-state index in [-0.39, 0.29) is 0 Å². The molecule has 0 saturated heterocycles. The van der Waals surface area contributed by atoms with Gasteiger partial charge in [0.15, 0.2) is 0 Å². The molecule has 0 spiro atoms. The summed E-state index contributed by atoms with van der Waals surface area (Å²) in [6.07, 6.45) is 1.16. The Labute approximate surface area is 133 Å². The SMILES string of the molecule is CCCNCc1ccc(-c2cc(C)c(C)cc2Cl)c(C)c1. The van der Waals surface area contributed by atoms with Gasteiger partial charge in [0.25, 0.3) is 0 Å². The summed E-state index contributed by atoms with van der Waals surface area (Å²) in [4.78, 5) is 0. The van der Waals surface area contributed by atoms with Crippen molar-refractivity contribution in [1.82, 2.24) is 5.32 Å². The average Bonchev–Trinajstić information content (AvgIpc) is 2.44. The van der Waals surface area contributed by atoms with Gasteiger partial charge in [-0.1, -0.05) is 36.7 Å². The maximum Gasteiger partial charge on any atom is 0.0487 e. The lowest BCUT2D eigenvalue weighted by Crippen LogP contribution is -2.13. The van der Waals surface area contributed by atoms with Gasteiger partial charge in [-0.05, 0) is 73.7 Å². The first-order chi connectivity index (χ1) is 10.0. The molecule has 21 heavy (non-hydrogen) atoms. The Morgan fingerprint density at radius 2 is 1.62 bits per heavy atom. The number of rotatable bonds is 5. The number of benzene rings is 2. The van der Waals surface area contributed by atoms with E-state index >= 15 is 0 Å². The number of hydrogen-bond acceptors (Lipinski definition) is 1. The quantitative estimate of drug-likeness (QED) is 0.726. The molecule has 0 aromatic heterocycles. The van der Waals surface area contributed by atoms with Crippen molar-refractivity contribution in [3.05, 3.63) is 57.6 Å². The van der Waals surface area contributed by atoms with Crippen LogP contribution in [0.25, 0.3) is 11.1 Å². The molecule has 0 heterocycles. The summed E-state index contributed by atoms with van der Waals surface area (Å²) in [7, 11) is 0. The molecule has 1 N–H and O–H groups in total. The molecule has 0 atom stereocenters. The highest BCUT2D eigenvalue weighted by molar-refractivity contribution is 6.33. The Kier molecular flexibility index (Phi) is 5.44. The molecule has 1 nitrogen and oxygen atoms in total. The summed E-state index contributed by atoms with van der Waals surface area (Å²) in [5.74, 6) is 0. The smallest absolute Gasteiger partial charge is 0.0487 e. The van der Waals surface area contributed by atoms with Crippen molar-refractivity contribution < 1.29 is 0 Å². The van der Waals surface area contributed by atoms with Gasteiger partial charge in [-0.3, -0.25) is 0 Å². The van der Waals surface area contributed by atoms with Crippen molar-refractivity contribution in [2.24, 2.45) is 0 Å². The second-order valence-corrected chi connectivity index (χ2v) is 6.15. The van der Waals surface area contributed by atoms with Crippen LogP contribution in [0.1, 0.15) is 35.6 Å². The first-order valence-corrected chi connectivity index (χ1v) is 7.98. The zero-order valence-corrected chi connectivity index (χ0v) is 14.1. The third-order valence-corrected chi connectivity index (χ3v) is 4.23. The fourth-order valence-corrected chi connectivity index (χ4v) is 2.85. The lowest BCUT2D eigenvalue weighted by atomic mass is 9.95. The average molecular weight is 302 g/mol. The minimum absolute atomic E-state index is 0.832. The second-order valence-electron chi connectivity index (χ2n) is 5.74. The van der Waals surface area contributed by atoms with Gasteiger partial charge in [0, 0.05) is 17.1 Å². The van der Waals surface area contributed by atoms with E-state index in [1.54, 1.807) is 0 Å². The molecule has 0 aliphatic rings. The lowest BCUT2D eigenvalue weighted by Gasteiger charge is -2.13. The Hall–Kier alpha value is -1.31. The molecule has 0 unspecified atom stereocenters. The molecule has 0 aliphatic heterocycles. The van der Waals surface area contributed by atoms with Crippen molar-refractivity contribution in [3.63, 3.8) is 0 Å². The number of halogens is 1. The van der Waals surface area contributed by atoms with E-state index in [0.29, 0.717) is 0 Å². The van der Waals surface area contributed by atoms with E-state index in [1.807, 2.05) is 0 Å². The van der Waals surface area contributed by atoms with E-state index in [9.17, 15) is 0 Å². The third kappa shape index (κ3) is 3.87. The van der Waals surface area contributed by atoms with Gasteiger partial charge >= 0.3 is 0 Å². The topological polar surface area (TPSA) is 12.0 Å². The summed E-state index contributed by atoms with van der Waals surface area (Å²) in [6.45, 7) is 10.6. The molecule has 0 amide bonds. The molecular formula is C19H24ClN. The normalized spacial score (nSPS) is 10.9. The molecule has 0 bridgehead atoms. The molecule has 0 saturated carbocycles. The van der Waals surface area contributed by atoms with Gasteiger partial charge < -0.3 is 5.32 Å². The highest BCUT2D eigenvalue weighted by Gasteiger charge is 2.09. The van der Waals surface area contributed by atoms with Gasteiger partial charge in [0.1, 0.15) is 0 Å². The molecule has 0 fully saturated rings. The largest absolute Gasteiger partial charge is 0.313 e. The van der Waals surface area contributed by atoms with E-state index in [1.165, 1.54) is 27.8 Å². The first-order valence-electron chi connectivity index (χ1n) is 7.60. The van der Waals surface area contributed by atoms with E-state index in [2.05, 4.69) is 63.3 Å². The Bertz CT molecular complexity index is 632. The number of nitrogens with one attached hydrogen (secondary N) is 1. The van der Waals surface area contributed by atoms with Crippen LogP contribution >= 0.6 is 11.6 Å². The molecule has 0 radical (unpaired) electrons. The van der Waals surface area contributed by atoms with Gasteiger partial charge in [-0.2, -0.15) is 0 Å². The van der Waals surface area contributed by atoms with E-state index < -0.39 is 0 Å². The van der Waals surface area contributed by atoms with Crippen molar-refractivity contribution in [1.29, 1.82) is 0 Å². The highest BCUT2D eigenvalue weighted by Crippen LogP contribution is 2.33. The van der Waals surface area contributed by atoms with Crippen LogP contribution in [0, 0.1) is 20.8 Å². The van der Waals surface area contributed by atoms with E-state index in [0.717, 1.165) is 30.1 Å². The summed E-state index contributed by atoms with van der Waals surface area (Å²) in [6, 6.07) is 10.9. The van der Waals surface area contributed by atoms with Gasteiger partial charge in [-0.25, -0.2) is 0 Å². The summed E-state index contributed by atoms with van der Waals surface area (Å²) in [5, 5.41) is 4.27. The van der Waals surface area contributed by atoms with Crippen LogP contribution in [-0.2, 0) is 6.54 Å². The zero-order chi connectivity index (χ0) is 15.4. The van der Waals surface area contributed by atoms with Crippen LogP contribution in [0.5, 0.6) is 0 Å². The summed E-state index contributed by atoms with van der Waals surface area (Å²) >= 11 is 6.44.